The van der Waals surface area contributed by atoms with Gasteiger partial charge in [-0.1, -0.05) is 0 Å². The van der Waals surface area contributed by atoms with E-state index >= 15 is 0 Å². The number of rotatable bonds is 4. The van der Waals surface area contributed by atoms with Crippen molar-refractivity contribution < 1.29 is 18.9 Å². The third kappa shape index (κ3) is 3.19. The summed E-state index contributed by atoms with van der Waals surface area (Å²) >= 11 is 0. The summed E-state index contributed by atoms with van der Waals surface area (Å²) in [5.74, 6) is 0.745. The van der Waals surface area contributed by atoms with Crippen molar-refractivity contribution in [3.8, 4) is 11.5 Å². The highest BCUT2D eigenvalue weighted by atomic mass is 16.7. The lowest BCUT2D eigenvalue weighted by Gasteiger charge is -2.33. The van der Waals surface area contributed by atoms with Crippen molar-refractivity contribution in [2.24, 2.45) is 0 Å². The van der Waals surface area contributed by atoms with E-state index in [0.717, 1.165) is 35.5 Å². The lowest BCUT2D eigenvalue weighted by molar-refractivity contribution is -0.204. The van der Waals surface area contributed by atoms with Crippen LogP contribution in [0.3, 0.4) is 0 Å². The summed E-state index contributed by atoms with van der Waals surface area (Å²) in [5, 5.41) is 0. The Kier molecular flexibility index (Phi) is 4.84. The highest BCUT2D eigenvalue weighted by Gasteiger charge is 2.38. The molecule has 23 heavy (non-hydrogen) atoms. The van der Waals surface area contributed by atoms with Crippen LogP contribution in [0, 0.1) is 0 Å². The molecule has 1 heterocycles. The zero-order valence-electron chi connectivity index (χ0n) is 13.6. The maximum Gasteiger partial charge on any atom is 0.222 e. The predicted molar refractivity (Wildman–Crippen MR) is 87.9 cm³/mol. The first kappa shape index (κ1) is 15.8. The van der Waals surface area contributed by atoms with Crippen LogP contribution in [0.4, 0.5) is 0 Å². The average molecular weight is 314 g/mol. The van der Waals surface area contributed by atoms with Gasteiger partial charge in [-0.3, -0.25) is 0 Å². The molecule has 0 saturated carbocycles. The van der Waals surface area contributed by atoms with Gasteiger partial charge in [-0.15, -0.1) is 0 Å². The van der Waals surface area contributed by atoms with Crippen LogP contribution in [0.25, 0.3) is 0 Å². The first-order chi connectivity index (χ1) is 11.3. The highest BCUT2D eigenvalue weighted by molar-refractivity contribution is 5.39. The van der Waals surface area contributed by atoms with Crippen LogP contribution in [0.2, 0.25) is 0 Å². The van der Waals surface area contributed by atoms with Crippen molar-refractivity contribution in [3.05, 3.63) is 59.7 Å². The summed E-state index contributed by atoms with van der Waals surface area (Å²) in [6.07, 6.45) is 1.99. The molecule has 122 valence electrons. The molecular weight excluding hydrogens is 292 g/mol. The van der Waals surface area contributed by atoms with Crippen molar-refractivity contribution in [3.63, 3.8) is 0 Å². The van der Waals surface area contributed by atoms with E-state index in [9.17, 15) is 0 Å². The highest BCUT2D eigenvalue weighted by Crippen LogP contribution is 2.38. The molecule has 0 atom stereocenters. The molecule has 0 spiro atoms. The molecule has 1 aliphatic rings. The van der Waals surface area contributed by atoms with Crippen LogP contribution >= 0.6 is 0 Å². The number of ether oxygens (including phenoxy) is 4. The summed E-state index contributed by atoms with van der Waals surface area (Å²) in [7, 11) is 3.32. The maximum atomic E-state index is 6.21. The molecule has 3 rings (SSSR count). The molecule has 1 saturated heterocycles. The van der Waals surface area contributed by atoms with Crippen LogP contribution in [0.15, 0.2) is 48.5 Å². The van der Waals surface area contributed by atoms with Crippen LogP contribution in [0.1, 0.15) is 24.0 Å². The van der Waals surface area contributed by atoms with Gasteiger partial charge in [0.1, 0.15) is 11.5 Å². The van der Waals surface area contributed by atoms with Crippen molar-refractivity contribution in [2.45, 2.75) is 18.6 Å². The van der Waals surface area contributed by atoms with Crippen molar-refractivity contribution in [1.82, 2.24) is 0 Å². The van der Waals surface area contributed by atoms with Gasteiger partial charge in [-0.25, -0.2) is 0 Å². The fourth-order valence-electron chi connectivity index (χ4n) is 2.80. The van der Waals surface area contributed by atoms with Crippen LogP contribution in [-0.4, -0.2) is 27.4 Å². The normalized spacial score (nSPS) is 17.3. The Bertz CT molecular complexity index is 561. The molecular formula is C19H22O4. The van der Waals surface area contributed by atoms with Gasteiger partial charge in [-0.2, -0.15) is 0 Å². The number of hydrogen-bond acceptors (Lipinski definition) is 4. The lowest BCUT2D eigenvalue weighted by Crippen LogP contribution is -2.34. The van der Waals surface area contributed by atoms with Crippen molar-refractivity contribution in [1.29, 1.82) is 0 Å². The van der Waals surface area contributed by atoms with Crippen molar-refractivity contribution >= 4 is 0 Å². The molecule has 0 amide bonds. The molecule has 2 aromatic rings. The van der Waals surface area contributed by atoms with Gasteiger partial charge in [0.2, 0.25) is 5.79 Å². The summed E-state index contributed by atoms with van der Waals surface area (Å²) in [6.45, 7) is 1.33. The Hall–Kier alpha value is -2.04. The van der Waals surface area contributed by atoms with Gasteiger partial charge in [0.15, 0.2) is 0 Å². The Morgan fingerprint density at radius 2 is 1.09 bits per heavy atom. The standard InChI is InChI=1S/C19H22O4/c1-20-17-9-5-15(6-10-17)19(22-13-3-4-14-23-19)16-7-11-18(21-2)12-8-16/h5-12H,3-4,13-14H2,1-2H3. The van der Waals surface area contributed by atoms with Gasteiger partial charge >= 0.3 is 0 Å². The first-order valence-electron chi connectivity index (χ1n) is 7.85. The molecule has 4 heteroatoms. The van der Waals surface area contributed by atoms with E-state index in [4.69, 9.17) is 18.9 Å². The number of benzene rings is 2. The molecule has 0 N–H and O–H groups in total. The van der Waals surface area contributed by atoms with Gasteiger partial charge in [-0.05, 0) is 61.4 Å². The van der Waals surface area contributed by atoms with E-state index in [1.165, 1.54) is 0 Å². The Morgan fingerprint density at radius 3 is 1.43 bits per heavy atom. The van der Waals surface area contributed by atoms with Crippen LogP contribution in [-0.2, 0) is 15.3 Å². The minimum Gasteiger partial charge on any atom is -0.497 e. The molecule has 4 nitrogen and oxygen atoms in total. The fourth-order valence-corrected chi connectivity index (χ4v) is 2.80. The van der Waals surface area contributed by atoms with E-state index in [1.54, 1.807) is 14.2 Å². The second-order valence-electron chi connectivity index (χ2n) is 5.48. The largest absolute Gasteiger partial charge is 0.497 e. The monoisotopic (exact) mass is 314 g/mol. The number of methoxy groups -OCH3 is 2. The Balaban J connectivity index is 2.04. The van der Waals surface area contributed by atoms with E-state index in [-0.39, 0.29) is 0 Å². The summed E-state index contributed by atoms with van der Waals surface area (Å²) in [4.78, 5) is 0. The van der Waals surface area contributed by atoms with Crippen molar-refractivity contribution in [2.75, 3.05) is 27.4 Å². The minimum absolute atomic E-state index is 0.665. The molecule has 0 bridgehead atoms. The van der Waals surface area contributed by atoms with Gasteiger partial charge in [0.25, 0.3) is 0 Å². The van der Waals surface area contributed by atoms with Crippen LogP contribution in [0.5, 0.6) is 11.5 Å². The van der Waals surface area contributed by atoms with E-state index in [2.05, 4.69) is 0 Å². The second-order valence-corrected chi connectivity index (χ2v) is 5.48. The summed E-state index contributed by atoms with van der Waals surface area (Å²) in [5.41, 5.74) is 1.93. The second kappa shape index (κ2) is 7.02. The van der Waals surface area contributed by atoms with E-state index < -0.39 is 5.79 Å². The molecule has 1 fully saturated rings. The Morgan fingerprint density at radius 1 is 0.696 bits per heavy atom. The number of hydrogen-bond donors (Lipinski definition) is 0. The maximum absolute atomic E-state index is 6.21. The zero-order valence-corrected chi connectivity index (χ0v) is 13.6. The summed E-state index contributed by atoms with van der Waals surface area (Å²) in [6, 6.07) is 15.7. The molecule has 0 aromatic heterocycles. The molecule has 1 aliphatic heterocycles. The average Bonchev–Trinajstić information content (AvgIpc) is 2.89. The van der Waals surface area contributed by atoms with Gasteiger partial charge in [0.05, 0.1) is 27.4 Å². The van der Waals surface area contributed by atoms with E-state index in [1.807, 2.05) is 48.5 Å². The molecule has 0 aliphatic carbocycles. The quantitative estimate of drug-likeness (QED) is 0.861. The Labute approximate surface area is 136 Å². The van der Waals surface area contributed by atoms with Gasteiger partial charge in [0, 0.05) is 11.1 Å². The third-order valence-electron chi connectivity index (χ3n) is 4.09. The fraction of sp³-hybridized carbons (Fsp3) is 0.368. The van der Waals surface area contributed by atoms with Gasteiger partial charge < -0.3 is 18.9 Å². The lowest BCUT2D eigenvalue weighted by atomic mass is 9.96. The summed E-state index contributed by atoms with van der Waals surface area (Å²) < 4.78 is 22.9. The SMILES string of the molecule is COc1ccc(C2(c3ccc(OC)cc3)OCCCCO2)cc1. The predicted octanol–water partition coefficient (Wildman–Crippen LogP) is 3.73. The molecule has 0 radical (unpaired) electrons. The smallest absolute Gasteiger partial charge is 0.222 e. The third-order valence-corrected chi connectivity index (χ3v) is 4.09. The topological polar surface area (TPSA) is 36.9 Å². The molecule has 2 aromatic carbocycles. The molecule has 0 unspecified atom stereocenters. The van der Waals surface area contributed by atoms with Crippen LogP contribution < -0.4 is 9.47 Å². The zero-order chi connectivity index (χ0) is 16.1. The minimum atomic E-state index is -0.880. The first-order valence-corrected chi connectivity index (χ1v) is 7.85. The van der Waals surface area contributed by atoms with E-state index in [0.29, 0.717) is 13.2 Å².